The summed E-state index contributed by atoms with van der Waals surface area (Å²) < 4.78 is 39.2. The molecule has 2 N–H and O–H groups in total. The zero-order valence-corrected chi connectivity index (χ0v) is 15.6. The number of rotatable bonds is 5. The largest absolute Gasteiger partial charge is 0.417 e. The average molecular weight is 402 g/mol. The second-order valence-electron chi connectivity index (χ2n) is 6.61. The van der Waals surface area contributed by atoms with Crippen LogP contribution in [0.15, 0.2) is 42.5 Å². The second kappa shape index (κ2) is 8.21. The maximum atomic E-state index is 13.1. The zero-order chi connectivity index (χ0) is 21.8. The molecule has 0 aliphatic rings. The van der Waals surface area contributed by atoms with Crippen LogP contribution in [0.25, 0.3) is 0 Å². The molecule has 0 aliphatic heterocycles. The Morgan fingerprint density at radius 3 is 2.28 bits per heavy atom. The van der Waals surface area contributed by atoms with E-state index in [-0.39, 0.29) is 12.2 Å². The third-order valence-electron chi connectivity index (χ3n) is 4.17. The van der Waals surface area contributed by atoms with Gasteiger partial charge in [0.2, 0.25) is 0 Å². The summed E-state index contributed by atoms with van der Waals surface area (Å²) in [6.07, 6.45) is -4.76. The monoisotopic (exact) mass is 402 g/mol. The van der Waals surface area contributed by atoms with E-state index in [0.717, 1.165) is 12.1 Å². The van der Waals surface area contributed by atoms with Crippen LogP contribution in [0.3, 0.4) is 0 Å². The normalized spacial score (nSPS) is 13.0. The Bertz CT molecular complexity index is 987. The van der Waals surface area contributed by atoms with Crippen molar-refractivity contribution in [3.63, 3.8) is 0 Å². The first-order chi connectivity index (χ1) is 13.5. The molecule has 2 aromatic carbocycles. The summed E-state index contributed by atoms with van der Waals surface area (Å²) in [4.78, 5) is 14.0. The number of carbonyl (C=O) groups is 1. The number of nitrogens with one attached hydrogen (secondary N) is 1. The van der Waals surface area contributed by atoms with Gasteiger partial charge in [-0.3, -0.25) is 4.79 Å². The second-order valence-corrected chi connectivity index (χ2v) is 6.61. The fourth-order valence-corrected chi connectivity index (χ4v) is 2.64. The maximum Gasteiger partial charge on any atom is 0.417 e. The van der Waals surface area contributed by atoms with Gasteiger partial charge in [0.1, 0.15) is 0 Å². The van der Waals surface area contributed by atoms with E-state index in [0.29, 0.717) is 17.3 Å². The van der Waals surface area contributed by atoms with Crippen LogP contribution < -0.4 is 10.2 Å². The van der Waals surface area contributed by atoms with Gasteiger partial charge in [0, 0.05) is 18.4 Å². The number of anilines is 2. The molecule has 0 heterocycles. The first-order valence-electron chi connectivity index (χ1n) is 8.34. The molecule has 0 saturated heterocycles. The maximum absolute atomic E-state index is 13.1. The van der Waals surface area contributed by atoms with Crippen molar-refractivity contribution >= 4 is 17.3 Å². The van der Waals surface area contributed by atoms with Crippen molar-refractivity contribution in [3.8, 4) is 12.1 Å². The van der Waals surface area contributed by atoms with E-state index in [2.05, 4.69) is 5.32 Å². The molecule has 0 fully saturated rings. The number of alkyl halides is 3. The van der Waals surface area contributed by atoms with E-state index in [1.54, 1.807) is 36.2 Å². The molecule has 9 heteroatoms. The number of carbonyl (C=O) groups excluding carboxylic acids is 1. The molecule has 2 aromatic rings. The molecule has 0 unspecified atom stereocenters. The van der Waals surface area contributed by atoms with Crippen molar-refractivity contribution < 1.29 is 23.1 Å². The molecule has 0 bridgehead atoms. The van der Waals surface area contributed by atoms with Gasteiger partial charge in [-0.25, -0.2) is 0 Å². The molecule has 29 heavy (non-hydrogen) atoms. The number of nitrogens with zero attached hydrogens (tertiary/aromatic N) is 3. The first-order valence-corrected chi connectivity index (χ1v) is 8.34. The summed E-state index contributed by atoms with van der Waals surface area (Å²) in [5.41, 5.74) is -2.78. The number of halogens is 3. The van der Waals surface area contributed by atoms with E-state index < -0.39 is 28.8 Å². The Balaban J connectivity index is 2.16. The minimum absolute atomic E-state index is 0.160. The van der Waals surface area contributed by atoms with E-state index in [4.69, 9.17) is 10.5 Å². The summed E-state index contributed by atoms with van der Waals surface area (Å²) in [5.74, 6) is -0.907. The lowest BCUT2D eigenvalue weighted by atomic mass is 10.0. The summed E-state index contributed by atoms with van der Waals surface area (Å²) in [7, 11) is 1.62. The van der Waals surface area contributed by atoms with Crippen LogP contribution in [0.4, 0.5) is 24.5 Å². The van der Waals surface area contributed by atoms with E-state index in [9.17, 15) is 23.1 Å². The topological polar surface area (TPSA) is 100 Å². The molecular weight excluding hydrogens is 385 g/mol. The Morgan fingerprint density at radius 2 is 1.76 bits per heavy atom. The van der Waals surface area contributed by atoms with Gasteiger partial charge < -0.3 is 15.3 Å². The van der Waals surface area contributed by atoms with Crippen molar-refractivity contribution in [1.82, 2.24) is 0 Å². The van der Waals surface area contributed by atoms with E-state index >= 15 is 0 Å². The highest BCUT2D eigenvalue weighted by atomic mass is 19.4. The minimum Gasteiger partial charge on any atom is -0.378 e. The fourth-order valence-electron chi connectivity index (χ4n) is 2.64. The van der Waals surface area contributed by atoms with Gasteiger partial charge in [0.25, 0.3) is 5.91 Å². The van der Waals surface area contributed by atoms with Crippen molar-refractivity contribution in [3.05, 3.63) is 59.2 Å². The van der Waals surface area contributed by atoms with Gasteiger partial charge in [-0.05, 0) is 49.4 Å². The summed E-state index contributed by atoms with van der Waals surface area (Å²) in [6.45, 7) is 1.07. The van der Waals surface area contributed by atoms with Gasteiger partial charge in [0.15, 0.2) is 5.60 Å². The quantitative estimate of drug-likeness (QED) is 0.800. The number of amides is 1. The van der Waals surface area contributed by atoms with Crippen molar-refractivity contribution in [1.29, 1.82) is 10.5 Å². The number of hydrogen-bond acceptors (Lipinski definition) is 5. The smallest absolute Gasteiger partial charge is 0.378 e. The molecule has 1 amide bonds. The van der Waals surface area contributed by atoms with Gasteiger partial charge in [-0.15, -0.1) is 0 Å². The number of benzene rings is 2. The van der Waals surface area contributed by atoms with Gasteiger partial charge >= 0.3 is 6.18 Å². The molecule has 150 valence electrons. The third-order valence-corrected chi connectivity index (χ3v) is 4.17. The molecule has 1 atom stereocenters. The lowest BCUT2D eigenvalue weighted by molar-refractivity contribution is -0.138. The highest BCUT2D eigenvalue weighted by Gasteiger charge is 2.35. The zero-order valence-electron chi connectivity index (χ0n) is 15.6. The minimum atomic E-state index is -4.76. The number of nitriles is 2. The molecule has 2 rings (SSSR count). The number of aliphatic hydroxyl groups is 1. The lowest BCUT2D eigenvalue weighted by Crippen LogP contribution is -2.48. The summed E-state index contributed by atoms with van der Waals surface area (Å²) in [5, 5.41) is 30.4. The third kappa shape index (κ3) is 5.24. The predicted molar refractivity (Wildman–Crippen MR) is 99.8 cm³/mol. The van der Waals surface area contributed by atoms with Gasteiger partial charge in [-0.1, -0.05) is 0 Å². The standard InChI is InChI=1S/C20H17F3N4O2/c1-19(29,12-27(2)16-7-3-13(10-24)4-8-16)18(28)26-15-6-5-14(11-25)17(9-15)20(21,22)23/h3-9,29H,12H2,1-2H3,(H,26,28)/t19-/m0/s1. The Labute approximate surface area is 165 Å². The average Bonchev–Trinajstić information content (AvgIpc) is 2.66. The van der Waals surface area contributed by atoms with Crippen LogP contribution in [-0.2, 0) is 11.0 Å². The van der Waals surface area contributed by atoms with Crippen LogP contribution in [0.2, 0.25) is 0 Å². The van der Waals surface area contributed by atoms with Crippen LogP contribution in [0, 0.1) is 22.7 Å². The highest BCUT2D eigenvalue weighted by molar-refractivity contribution is 5.97. The molecule has 0 radical (unpaired) electrons. The van der Waals surface area contributed by atoms with Crippen molar-refractivity contribution in [2.75, 3.05) is 23.8 Å². The fraction of sp³-hybridized carbons (Fsp3) is 0.250. The van der Waals surface area contributed by atoms with Crippen molar-refractivity contribution in [2.24, 2.45) is 0 Å². The number of hydrogen-bond donors (Lipinski definition) is 2. The van der Waals surface area contributed by atoms with Gasteiger partial charge in [-0.2, -0.15) is 23.7 Å². The van der Waals surface area contributed by atoms with Crippen LogP contribution in [-0.4, -0.2) is 30.2 Å². The number of likely N-dealkylation sites (N-methyl/N-ethyl adjacent to an activating group) is 1. The highest BCUT2D eigenvalue weighted by Crippen LogP contribution is 2.33. The molecule has 0 aliphatic carbocycles. The van der Waals surface area contributed by atoms with Crippen LogP contribution in [0.5, 0.6) is 0 Å². The Kier molecular flexibility index (Phi) is 6.15. The SMILES string of the molecule is CN(C[C@](C)(O)C(=O)Nc1ccc(C#N)c(C(F)(F)F)c1)c1ccc(C#N)cc1. The molecule has 0 aromatic heterocycles. The first kappa shape index (κ1) is 21.7. The van der Waals surface area contributed by atoms with Gasteiger partial charge in [0.05, 0.1) is 35.4 Å². The van der Waals surface area contributed by atoms with E-state index in [1.165, 1.54) is 13.0 Å². The van der Waals surface area contributed by atoms with Crippen LogP contribution in [0.1, 0.15) is 23.6 Å². The van der Waals surface area contributed by atoms with E-state index in [1.807, 2.05) is 6.07 Å². The lowest BCUT2D eigenvalue weighted by Gasteiger charge is -2.29. The van der Waals surface area contributed by atoms with Crippen LogP contribution >= 0.6 is 0 Å². The summed E-state index contributed by atoms with van der Waals surface area (Å²) in [6, 6.07) is 12.6. The molecule has 0 spiro atoms. The molecule has 0 saturated carbocycles. The van der Waals surface area contributed by atoms with Crippen molar-refractivity contribution in [2.45, 2.75) is 18.7 Å². The predicted octanol–water partition coefficient (Wildman–Crippen LogP) is 3.27. The molecule has 6 nitrogen and oxygen atoms in total. The molecular formula is C20H17F3N4O2. The summed E-state index contributed by atoms with van der Waals surface area (Å²) >= 11 is 0. The Morgan fingerprint density at radius 1 is 1.14 bits per heavy atom. The Hall–Kier alpha value is -3.56.